The number of benzene rings is 2. The van der Waals surface area contributed by atoms with Gasteiger partial charge in [-0.25, -0.2) is 0 Å². The normalized spacial score (nSPS) is 17.5. The highest BCUT2D eigenvalue weighted by molar-refractivity contribution is 5.92. The smallest absolute Gasteiger partial charge is 0.227 e. The van der Waals surface area contributed by atoms with Crippen molar-refractivity contribution in [2.75, 3.05) is 38.7 Å². The Hall–Kier alpha value is -2.63. The van der Waals surface area contributed by atoms with Crippen LogP contribution in [0.1, 0.15) is 25.3 Å². The molecule has 0 spiro atoms. The van der Waals surface area contributed by atoms with Crippen molar-refractivity contribution in [2.45, 2.75) is 26.2 Å². The van der Waals surface area contributed by atoms with E-state index in [1.165, 1.54) is 16.5 Å². The average molecular weight is 420 g/mol. The number of rotatable bonds is 8. The van der Waals surface area contributed by atoms with E-state index < -0.39 is 0 Å². The van der Waals surface area contributed by atoms with Crippen molar-refractivity contribution in [1.29, 1.82) is 0 Å². The lowest BCUT2D eigenvalue weighted by molar-refractivity contribution is -0.127. The highest BCUT2D eigenvalue weighted by atomic mass is 16.5. The summed E-state index contributed by atoms with van der Waals surface area (Å²) in [6.45, 7) is 5.70. The highest BCUT2D eigenvalue weighted by Gasteiger charge is 2.42. The van der Waals surface area contributed by atoms with Gasteiger partial charge in [-0.2, -0.15) is 0 Å². The van der Waals surface area contributed by atoms with Crippen molar-refractivity contribution in [3.05, 3.63) is 66.4 Å². The van der Waals surface area contributed by atoms with E-state index in [2.05, 4.69) is 52.6 Å². The fraction of sp³-hybridized carbons (Fsp3) is 0.423. The summed E-state index contributed by atoms with van der Waals surface area (Å²) in [5, 5.41) is 4.40. The molecule has 0 aliphatic carbocycles. The van der Waals surface area contributed by atoms with E-state index in [1.807, 2.05) is 30.3 Å². The largest absolute Gasteiger partial charge is 0.384 e. The van der Waals surface area contributed by atoms with Crippen molar-refractivity contribution in [3.63, 3.8) is 0 Å². The number of anilines is 1. The van der Waals surface area contributed by atoms with E-state index in [1.54, 1.807) is 7.11 Å². The van der Waals surface area contributed by atoms with Crippen LogP contribution >= 0.6 is 0 Å². The third-order valence-corrected chi connectivity index (χ3v) is 7.01. The summed E-state index contributed by atoms with van der Waals surface area (Å²) in [6, 6.07) is 18.2. The van der Waals surface area contributed by atoms with Gasteiger partial charge in [-0.1, -0.05) is 43.3 Å². The van der Waals surface area contributed by atoms with E-state index in [0.717, 1.165) is 44.6 Å². The van der Waals surface area contributed by atoms with Crippen LogP contribution in [0.4, 0.5) is 5.69 Å². The summed E-state index contributed by atoms with van der Waals surface area (Å²) in [5.74, 6) is -0.0288. The molecule has 0 radical (unpaired) electrons. The molecule has 2 heterocycles. The maximum Gasteiger partial charge on any atom is 0.227 e. The third kappa shape index (κ3) is 4.83. The number of hydrogen-bond donors (Lipinski definition) is 2. The molecule has 1 fully saturated rings. The number of H-pyrrole nitrogens is 1. The Morgan fingerprint density at radius 1 is 1.13 bits per heavy atom. The van der Waals surface area contributed by atoms with Gasteiger partial charge in [-0.15, -0.1) is 0 Å². The maximum absolute atomic E-state index is 13.0. The van der Waals surface area contributed by atoms with Crippen molar-refractivity contribution in [3.8, 4) is 0 Å². The SMILES string of the molecule is COCC1(C(C)C(=O)Nc2ccccc2)CCN(CCc2c[nH]c3ccccc23)CC1. The first-order chi connectivity index (χ1) is 15.1. The fourth-order valence-corrected chi connectivity index (χ4v) is 4.88. The van der Waals surface area contributed by atoms with Crippen molar-refractivity contribution >= 4 is 22.5 Å². The topological polar surface area (TPSA) is 57.4 Å². The number of para-hydroxylation sites is 2. The number of nitrogens with one attached hydrogen (secondary N) is 2. The molecule has 1 aliphatic rings. The third-order valence-electron chi connectivity index (χ3n) is 7.01. The Kier molecular flexibility index (Phi) is 6.73. The van der Waals surface area contributed by atoms with Crippen molar-refractivity contribution in [1.82, 2.24) is 9.88 Å². The number of methoxy groups -OCH3 is 1. The van der Waals surface area contributed by atoms with Gasteiger partial charge in [0, 0.05) is 47.8 Å². The maximum atomic E-state index is 13.0. The molecule has 2 N–H and O–H groups in total. The minimum atomic E-state index is -0.120. The Labute approximate surface area is 184 Å². The summed E-state index contributed by atoms with van der Waals surface area (Å²) in [7, 11) is 1.74. The zero-order chi connectivity index (χ0) is 21.7. The molecule has 0 bridgehead atoms. The molecule has 1 amide bonds. The van der Waals surface area contributed by atoms with Crippen LogP contribution in [0.25, 0.3) is 10.9 Å². The number of aromatic nitrogens is 1. The van der Waals surface area contributed by atoms with Crippen molar-refractivity contribution in [2.24, 2.45) is 11.3 Å². The molecule has 164 valence electrons. The molecule has 1 aromatic heterocycles. The number of likely N-dealkylation sites (tertiary alicyclic amines) is 1. The number of hydrogen-bond acceptors (Lipinski definition) is 3. The molecule has 5 heteroatoms. The second kappa shape index (κ2) is 9.67. The predicted molar refractivity (Wildman–Crippen MR) is 126 cm³/mol. The standard InChI is InChI=1S/C26H33N3O2/c1-20(25(30)28-22-8-4-3-5-9-22)26(19-31-2)13-16-29(17-14-26)15-12-21-18-27-24-11-7-6-10-23(21)24/h3-11,18,20,27H,12-17,19H2,1-2H3,(H,28,30). The molecular weight excluding hydrogens is 386 g/mol. The van der Waals surface area contributed by atoms with E-state index in [4.69, 9.17) is 4.74 Å². The number of piperidine rings is 1. The van der Waals surface area contributed by atoms with Gasteiger partial charge in [-0.05, 0) is 56.1 Å². The highest BCUT2D eigenvalue weighted by Crippen LogP contribution is 2.40. The quantitative estimate of drug-likeness (QED) is 0.556. The summed E-state index contributed by atoms with van der Waals surface area (Å²) < 4.78 is 5.61. The first-order valence-electron chi connectivity index (χ1n) is 11.2. The molecule has 1 unspecified atom stereocenters. The predicted octanol–water partition coefficient (Wildman–Crippen LogP) is 4.71. The lowest BCUT2D eigenvalue weighted by Crippen LogP contribution is -2.49. The van der Waals surface area contributed by atoms with Gasteiger partial charge >= 0.3 is 0 Å². The second-order valence-corrected chi connectivity index (χ2v) is 8.82. The van der Waals surface area contributed by atoms with Crippen LogP contribution in [-0.2, 0) is 16.0 Å². The number of carbonyl (C=O) groups is 1. The van der Waals surface area contributed by atoms with E-state index >= 15 is 0 Å². The first-order valence-corrected chi connectivity index (χ1v) is 11.2. The lowest BCUT2D eigenvalue weighted by atomic mass is 9.69. The number of amides is 1. The van der Waals surface area contributed by atoms with E-state index in [-0.39, 0.29) is 17.2 Å². The van der Waals surface area contributed by atoms with Gasteiger partial charge in [0.15, 0.2) is 0 Å². The molecule has 0 saturated carbocycles. The number of ether oxygens (including phenoxy) is 1. The Morgan fingerprint density at radius 3 is 2.58 bits per heavy atom. The zero-order valence-electron chi connectivity index (χ0n) is 18.6. The lowest BCUT2D eigenvalue weighted by Gasteiger charge is -2.44. The van der Waals surface area contributed by atoms with Crippen LogP contribution < -0.4 is 5.32 Å². The molecule has 1 aliphatic heterocycles. The van der Waals surface area contributed by atoms with Crippen LogP contribution in [0.15, 0.2) is 60.8 Å². The van der Waals surface area contributed by atoms with Gasteiger partial charge in [0.05, 0.1) is 6.61 Å². The molecule has 1 saturated heterocycles. The minimum Gasteiger partial charge on any atom is -0.384 e. The van der Waals surface area contributed by atoms with Crippen LogP contribution in [0.5, 0.6) is 0 Å². The molecule has 3 aromatic rings. The first kappa shape index (κ1) is 21.6. The number of aromatic amines is 1. The van der Waals surface area contributed by atoms with Gasteiger partial charge < -0.3 is 19.9 Å². The monoisotopic (exact) mass is 419 g/mol. The van der Waals surface area contributed by atoms with Crippen LogP contribution in [-0.4, -0.2) is 49.1 Å². The fourth-order valence-electron chi connectivity index (χ4n) is 4.88. The number of fused-ring (bicyclic) bond motifs is 1. The minimum absolute atomic E-state index is 0.0792. The summed E-state index contributed by atoms with van der Waals surface area (Å²) in [4.78, 5) is 18.9. The molecule has 2 aromatic carbocycles. The molecule has 4 rings (SSSR count). The molecular formula is C26H33N3O2. The molecule has 31 heavy (non-hydrogen) atoms. The summed E-state index contributed by atoms with van der Waals surface area (Å²) in [5.41, 5.74) is 3.31. The van der Waals surface area contributed by atoms with Gasteiger partial charge in [-0.3, -0.25) is 4.79 Å². The summed E-state index contributed by atoms with van der Waals surface area (Å²) >= 11 is 0. The van der Waals surface area contributed by atoms with Crippen LogP contribution in [0.3, 0.4) is 0 Å². The van der Waals surface area contributed by atoms with Gasteiger partial charge in [0.2, 0.25) is 5.91 Å². The van der Waals surface area contributed by atoms with Crippen LogP contribution in [0, 0.1) is 11.3 Å². The Morgan fingerprint density at radius 2 is 1.84 bits per heavy atom. The van der Waals surface area contributed by atoms with Crippen molar-refractivity contribution < 1.29 is 9.53 Å². The second-order valence-electron chi connectivity index (χ2n) is 8.82. The van der Waals surface area contributed by atoms with Gasteiger partial charge in [0.1, 0.15) is 0 Å². The molecule has 1 atom stereocenters. The zero-order valence-corrected chi connectivity index (χ0v) is 18.6. The van der Waals surface area contributed by atoms with Crippen LogP contribution in [0.2, 0.25) is 0 Å². The Bertz CT molecular complexity index is 990. The molecule has 5 nitrogen and oxygen atoms in total. The van der Waals surface area contributed by atoms with E-state index in [0.29, 0.717) is 6.61 Å². The van der Waals surface area contributed by atoms with E-state index in [9.17, 15) is 4.79 Å². The Balaban J connectivity index is 1.36. The average Bonchev–Trinajstić information content (AvgIpc) is 3.22. The van der Waals surface area contributed by atoms with Gasteiger partial charge in [0.25, 0.3) is 0 Å². The number of carbonyl (C=O) groups excluding carboxylic acids is 1. The summed E-state index contributed by atoms with van der Waals surface area (Å²) in [6.07, 6.45) is 5.11. The number of nitrogens with zero attached hydrogens (tertiary/aromatic N) is 1.